The van der Waals surface area contributed by atoms with Crippen molar-refractivity contribution in [1.29, 1.82) is 5.26 Å². The second-order valence-corrected chi connectivity index (χ2v) is 11.0. The van der Waals surface area contributed by atoms with Gasteiger partial charge in [-0.2, -0.15) is 5.26 Å². The van der Waals surface area contributed by atoms with Gasteiger partial charge in [0, 0.05) is 25.7 Å². The molecule has 220 valence electrons. The number of aromatic nitrogens is 1. The van der Waals surface area contributed by atoms with Crippen LogP contribution in [0.15, 0.2) is 46.5 Å². The number of amides is 3. The second kappa shape index (κ2) is 16.1. The van der Waals surface area contributed by atoms with Crippen molar-refractivity contribution >= 4 is 24.0 Å². The van der Waals surface area contributed by atoms with Gasteiger partial charge in [0.2, 0.25) is 5.91 Å². The first kappa shape index (κ1) is 32.9. The van der Waals surface area contributed by atoms with Crippen molar-refractivity contribution in [2.75, 3.05) is 13.1 Å². The van der Waals surface area contributed by atoms with E-state index in [-0.39, 0.29) is 29.1 Å². The van der Waals surface area contributed by atoms with Gasteiger partial charge in [0.05, 0.1) is 12.1 Å². The second-order valence-electron chi connectivity index (χ2n) is 11.0. The molecule has 0 fully saturated rings. The number of nitrogens with one attached hydrogen (secondary N) is 4. The number of carbonyl (C=O) groups excluding carboxylic acids is 4. The van der Waals surface area contributed by atoms with Crippen molar-refractivity contribution < 1.29 is 23.7 Å². The van der Waals surface area contributed by atoms with Gasteiger partial charge >= 0.3 is 0 Å². The first-order valence-electron chi connectivity index (χ1n) is 13.6. The SMILES string of the molecule is Cc1ccc(CNC(=O)[C@H](CCCCNC(=O)C(C#N)=CC(C)(C)C)NC[C@H](C=O)NC(=O)c2cc(C)on2)cc1. The summed E-state index contributed by atoms with van der Waals surface area (Å²) in [5.41, 5.74) is 1.88. The fraction of sp³-hybridized carbons (Fsp3) is 0.467. The number of hydrogen-bond acceptors (Lipinski definition) is 8. The highest BCUT2D eigenvalue weighted by Crippen LogP contribution is 2.17. The van der Waals surface area contributed by atoms with Crippen molar-refractivity contribution in [2.45, 2.75) is 72.5 Å². The van der Waals surface area contributed by atoms with Gasteiger partial charge < -0.3 is 30.6 Å². The first-order valence-corrected chi connectivity index (χ1v) is 13.6. The minimum atomic E-state index is -0.898. The molecule has 1 aromatic heterocycles. The standard InChI is InChI=1S/C30H40N6O5/c1-20-9-11-22(12-10-20)17-34-28(39)25(8-6-7-13-32-27(38)23(16-31)15-30(3,4)5)33-18-24(19-37)35-29(40)26-14-21(2)41-36-26/h9-12,14-15,19,24-25,33H,6-8,13,17-18H2,1-5H3,(H,32,38)(H,34,39)(H,35,40)/t24-,25+/m1/s1. The number of unbranched alkanes of at least 4 members (excludes halogenated alkanes) is 1. The summed E-state index contributed by atoms with van der Waals surface area (Å²) in [5, 5.41) is 24.3. The highest BCUT2D eigenvalue weighted by Gasteiger charge is 2.22. The predicted octanol–water partition coefficient (Wildman–Crippen LogP) is 2.65. The molecule has 0 aliphatic rings. The minimum Gasteiger partial charge on any atom is -0.361 e. The van der Waals surface area contributed by atoms with Gasteiger partial charge in [-0.15, -0.1) is 0 Å². The number of hydrogen-bond donors (Lipinski definition) is 4. The summed E-state index contributed by atoms with van der Waals surface area (Å²) in [6, 6.07) is 9.66. The number of benzene rings is 1. The Bertz CT molecular complexity index is 1250. The van der Waals surface area contributed by atoms with Gasteiger partial charge in [0.1, 0.15) is 23.7 Å². The van der Waals surface area contributed by atoms with E-state index in [0.29, 0.717) is 44.4 Å². The average molecular weight is 565 g/mol. The molecule has 0 unspecified atom stereocenters. The lowest BCUT2D eigenvalue weighted by atomic mass is 9.93. The molecule has 11 heteroatoms. The van der Waals surface area contributed by atoms with Gasteiger partial charge in [0.25, 0.3) is 11.8 Å². The number of allylic oxidation sites excluding steroid dienone is 1. The summed E-state index contributed by atoms with van der Waals surface area (Å²) in [6.07, 6.45) is 3.79. The molecule has 0 aliphatic heterocycles. The average Bonchev–Trinajstić information content (AvgIpc) is 3.37. The van der Waals surface area contributed by atoms with E-state index in [9.17, 15) is 24.4 Å². The predicted molar refractivity (Wildman–Crippen MR) is 153 cm³/mol. The van der Waals surface area contributed by atoms with Crippen LogP contribution >= 0.6 is 0 Å². The van der Waals surface area contributed by atoms with Crippen LogP contribution in [0.25, 0.3) is 0 Å². The van der Waals surface area contributed by atoms with Gasteiger partial charge in [-0.3, -0.25) is 14.4 Å². The van der Waals surface area contributed by atoms with Crippen LogP contribution in [-0.4, -0.2) is 54.3 Å². The molecule has 0 saturated heterocycles. The van der Waals surface area contributed by atoms with Crippen LogP contribution in [0.1, 0.15) is 67.4 Å². The van der Waals surface area contributed by atoms with Gasteiger partial charge in [-0.05, 0) is 44.1 Å². The van der Waals surface area contributed by atoms with E-state index in [1.807, 2.05) is 58.0 Å². The van der Waals surface area contributed by atoms with Crippen LogP contribution in [-0.2, 0) is 20.9 Å². The lowest BCUT2D eigenvalue weighted by Crippen LogP contribution is -2.50. The van der Waals surface area contributed by atoms with E-state index in [0.717, 1.165) is 11.1 Å². The number of nitriles is 1. The largest absolute Gasteiger partial charge is 0.361 e. The Hall–Kier alpha value is -4.30. The van der Waals surface area contributed by atoms with E-state index >= 15 is 0 Å². The molecular weight excluding hydrogens is 524 g/mol. The third-order valence-electron chi connectivity index (χ3n) is 5.98. The molecule has 0 spiro atoms. The molecule has 0 aliphatic carbocycles. The Morgan fingerprint density at radius 2 is 1.80 bits per heavy atom. The Kier molecular flexibility index (Phi) is 12.9. The topological polar surface area (TPSA) is 166 Å². The van der Waals surface area contributed by atoms with Crippen LogP contribution in [0, 0.1) is 30.6 Å². The van der Waals surface area contributed by atoms with E-state index < -0.39 is 23.9 Å². The van der Waals surface area contributed by atoms with E-state index in [1.54, 1.807) is 13.0 Å². The molecule has 2 aromatic rings. The fourth-order valence-corrected chi connectivity index (χ4v) is 3.81. The number of rotatable bonds is 15. The quantitative estimate of drug-likeness (QED) is 0.111. The molecule has 0 bridgehead atoms. The van der Waals surface area contributed by atoms with Crippen LogP contribution in [0.3, 0.4) is 0 Å². The zero-order chi connectivity index (χ0) is 30.4. The lowest BCUT2D eigenvalue weighted by molar-refractivity contribution is -0.123. The molecular formula is C30H40N6O5. The normalized spacial score (nSPS) is 13.0. The molecule has 11 nitrogen and oxygen atoms in total. The number of carbonyl (C=O) groups is 4. The maximum Gasteiger partial charge on any atom is 0.274 e. The smallest absolute Gasteiger partial charge is 0.274 e. The molecule has 1 heterocycles. The number of nitrogens with zero attached hydrogens (tertiary/aromatic N) is 2. The highest BCUT2D eigenvalue weighted by molar-refractivity contribution is 5.97. The molecule has 0 saturated carbocycles. The van der Waals surface area contributed by atoms with E-state index in [4.69, 9.17) is 4.52 Å². The number of aryl methyl sites for hydroxylation is 2. The zero-order valence-corrected chi connectivity index (χ0v) is 24.4. The van der Waals surface area contributed by atoms with Crippen molar-refractivity contribution in [3.05, 3.63) is 64.6 Å². The minimum absolute atomic E-state index is 0.0224. The van der Waals surface area contributed by atoms with Crippen LogP contribution < -0.4 is 21.3 Å². The van der Waals surface area contributed by atoms with Gasteiger partial charge in [-0.1, -0.05) is 61.8 Å². The molecule has 4 N–H and O–H groups in total. The summed E-state index contributed by atoms with van der Waals surface area (Å²) in [4.78, 5) is 49.5. The summed E-state index contributed by atoms with van der Waals surface area (Å²) >= 11 is 0. The maximum absolute atomic E-state index is 13.1. The fourth-order valence-electron chi connectivity index (χ4n) is 3.81. The van der Waals surface area contributed by atoms with E-state index in [2.05, 4.69) is 26.4 Å². The van der Waals surface area contributed by atoms with Gasteiger partial charge in [-0.25, -0.2) is 0 Å². The van der Waals surface area contributed by atoms with Crippen LogP contribution in [0.2, 0.25) is 0 Å². The lowest BCUT2D eigenvalue weighted by Gasteiger charge is -2.21. The Balaban J connectivity index is 1.95. The summed E-state index contributed by atoms with van der Waals surface area (Å²) < 4.78 is 4.91. The van der Waals surface area contributed by atoms with Crippen molar-refractivity contribution in [3.63, 3.8) is 0 Å². The van der Waals surface area contributed by atoms with Crippen LogP contribution in [0.5, 0.6) is 0 Å². The van der Waals surface area contributed by atoms with Gasteiger partial charge in [0.15, 0.2) is 5.69 Å². The highest BCUT2D eigenvalue weighted by atomic mass is 16.5. The molecule has 1 aromatic carbocycles. The number of aldehydes is 1. The third-order valence-corrected chi connectivity index (χ3v) is 5.98. The summed E-state index contributed by atoms with van der Waals surface area (Å²) in [6.45, 7) is 10.1. The van der Waals surface area contributed by atoms with E-state index in [1.165, 1.54) is 6.07 Å². The Morgan fingerprint density at radius 1 is 1.10 bits per heavy atom. The summed E-state index contributed by atoms with van der Waals surface area (Å²) in [7, 11) is 0. The molecule has 41 heavy (non-hydrogen) atoms. The third kappa shape index (κ3) is 12.2. The molecule has 0 radical (unpaired) electrons. The molecule has 3 amide bonds. The molecule has 2 atom stereocenters. The zero-order valence-electron chi connectivity index (χ0n) is 24.4. The van der Waals surface area contributed by atoms with Crippen LogP contribution in [0.4, 0.5) is 0 Å². The van der Waals surface area contributed by atoms with Crippen molar-refractivity contribution in [1.82, 2.24) is 26.4 Å². The molecule has 2 rings (SSSR count). The van der Waals surface area contributed by atoms with Crippen molar-refractivity contribution in [2.24, 2.45) is 5.41 Å². The Labute approximate surface area is 241 Å². The van der Waals surface area contributed by atoms with Crippen molar-refractivity contribution in [3.8, 4) is 6.07 Å². The first-order chi connectivity index (χ1) is 19.4. The maximum atomic E-state index is 13.1. The Morgan fingerprint density at radius 3 is 2.39 bits per heavy atom. The summed E-state index contributed by atoms with van der Waals surface area (Å²) in [5.74, 6) is -0.780. The monoisotopic (exact) mass is 564 g/mol.